The van der Waals surface area contributed by atoms with Crippen LogP contribution in [0.1, 0.15) is 5.56 Å². The van der Waals surface area contributed by atoms with Gasteiger partial charge in [0.05, 0.1) is 16.1 Å². The number of benzene rings is 3. The molecule has 0 saturated heterocycles. The van der Waals surface area contributed by atoms with Crippen molar-refractivity contribution in [2.45, 2.75) is 11.8 Å². The smallest absolute Gasteiger partial charge is 0.285 e. The van der Waals surface area contributed by atoms with Crippen molar-refractivity contribution >= 4 is 54.1 Å². The Balaban J connectivity index is 1.68. The summed E-state index contributed by atoms with van der Waals surface area (Å²) < 4.78 is 30.1. The van der Waals surface area contributed by atoms with Gasteiger partial charge in [-0.25, -0.2) is 8.42 Å². The fourth-order valence-electron chi connectivity index (χ4n) is 3.48. The Bertz CT molecular complexity index is 1490. The van der Waals surface area contributed by atoms with Gasteiger partial charge < -0.3 is 9.67 Å². The number of hydrogen-bond acceptors (Lipinski definition) is 5. The largest absolute Gasteiger partial charge is 0.493 e. The van der Waals surface area contributed by atoms with E-state index >= 15 is 0 Å². The minimum Gasteiger partial charge on any atom is -0.493 e. The average Bonchev–Trinajstić information content (AvgIpc) is 3.07. The summed E-state index contributed by atoms with van der Waals surface area (Å²) in [6, 6.07) is 20.1. The van der Waals surface area contributed by atoms with Crippen LogP contribution in [0.5, 0.6) is 5.88 Å². The molecule has 1 N–H and O–H groups in total. The van der Waals surface area contributed by atoms with E-state index < -0.39 is 22.5 Å². The van der Waals surface area contributed by atoms with Gasteiger partial charge in [-0.1, -0.05) is 51.8 Å². The number of amides is 1. The summed E-state index contributed by atoms with van der Waals surface area (Å²) in [5.41, 5.74) is 2.08. The summed E-state index contributed by atoms with van der Waals surface area (Å²) in [6.07, 6.45) is 0. The van der Waals surface area contributed by atoms with Crippen molar-refractivity contribution in [1.82, 2.24) is 4.57 Å². The molecule has 0 aliphatic heterocycles. The zero-order valence-electron chi connectivity index (χ0n) is 18.4. The number of aromatic hydroxyl groups is 1. The monoisotopic (exact) mass is 540 g/mol. The Labute approximate surface area is 205 Å². The third kappa shape index (κ3) is 4.59. The molecule has 0 unspecified atom stereocenters. The van der Waals surface area contributed by atoms with Gasteiger partial charge in [0, 0.05) is 16.9 Å². The highest BCUT2D eigenvalue weighted by Gasteiger charge is 2.27. The van der Waals surface area contributed by atoms with Crippen molar-refractivity contribution in [2.75, 3.05) is 10.8 Å². The predicted molar refractivity (Wildman–Crippen MR) is 134 cm³/mol. The SMILES string of the molecule is Cc1ccc(S(=O)(=O)N(CC(=O)N=Nc2c(O)n(C)c3ccccc23)c2ccc(Br)cc2)cc1. The first-order chi connectivity index (χ1) is 16.2. The van der Waals surface area contributed by atoms with Crippen LogP contribution in [-0.4, -0.2) is 30.5 Å². The highest BCUT2D eigenvalue weighted by Crippen LogP contribution is 2.37. The summed E-state index contributed by atoms with van der Waals surface area (Å²) in [4.78, 5) is 12.8. The minimum atomic E-state index is -4.06. The van der Waals surface area contributed by atoms with Gasteiger partial charge in [0.25, 0.3) is 15.9 Å². The van der Waals surface area contributed by atoms with Gasteiger partial charge in [-0.15, -0.1) is 10.2 Å². The molecule has 4 rings (SSSR count). The number of para-hydroxylation sites is 1. The van der Waals surface area contributed by atoms with Crippen LogP contribution in [0.25, 0.3) is 10.9 Å². The second-order valence-corrected chi connectivity index (χ2v) is 10.4. The van der Waals surface area contributed by atoms with E-state index in [1.807, 2.05) is 13.0 Å². The number of aryl methyl sites for hydroxylation is 2. The van der Waals surface area contributed by atoms with E-state index in [1.165, 1.54) is 16.7 Å². The molecule has 0 aliphatic carbocycles. The molecule has 0 bridgehead atoms. The van der Waals surface area contributed by atoms with E-state index in [1.54, 1.807) is 61.6 Å². The number of sulfonamides is 1. The lowest BCUT2D eigenvalue weighted by Gasteiger charge is -2.23. The molecule has 174 valence electrons. The molecule has 0 atom stereocenters. The highest BCUT2D eigenvalue weighted by molar-refractivity contribution is 9.10. The number of anilines is 1. The molecular formula is C24H21BrN4O4S. The number of rotatable bonds is 6. The molecule has 34 heavy (non-hydrogen) atoms. The lowest BCUT2D eigenvalue weighted by molar-refractivity contribution is -0.116. The maximum Gasteiger partial charge on any atom is 0.285 e. The second-order valence-electron chi connectivity index (χ2n) is 7.64. The van der Waals surface area contributed by atoms with E-state index in [4.69, 9.17) is 0 Å². The number of nitrogens with zero attached hydrogens (tertiary/aromatic N) is 4. The number of carbonyl (C=O) groups is 1. The van der Waals surface area contributed by atoms with Gasteiger partial charge in [0.2, 0.25) is 5.88 Å². The fourth-order valence-corrected chi connectivity index (χ4v) is 5.16. The fraction of sp³-hybridized carbons (Fsp3) is 0.125. The Kier molecular flexibility index (Phi) is 6.54. The van der Waals surface area contributed by atoms with Gasteiger partial charge in [-0.05, 0) is 49.4 Å². The molecule has 8 nitrogen and oxygen atoms in total. The summed E-state index contributed by atoms with van der Waals surface area (Å²) in [5.74, 6) is -0.930. The topological polar surface area (TPSA) is 104 Å². The van der Waals surface area contributed by atoms with Crippen molar-refractivity contribution in [3.05, 3.63) is 82.8 Å². The Morgan fingerprint density at radius 2 is 1.68 bits per heavy atom. The van der Waals surface area contributed by atoms with Crippen LogP contribution in [0.15, 0.2) is 92.4 Å². The van der Waals surface area contributed by atoms with Crippen LogP contribution in [0.2, 0.25) is 0 Å². The lowest BCUT2D eigenvalue weighted by atomic mass is 10.2. The number of aromatic nitrogens is 1. The first kappa shape index (κ1) is 23.7. The molecule has 1 amide bonds. The quantitative estimate of drug-likeness (QED) is 0.328. The van der Waals surface area contributed by atoms with E-state index in [0.717, 1.165) is 19.9 Å². The van der Waals surface area contributed by atoms with Gasteiger partial charge >= 0.3 is 0 Å². The molecule has 0 aliphatic rings. The van der Waals surface area contributed by atoms with E-state index in [2.05, 4.69) is 26.2 Å². The van der Waals surface area contributed by atoms with Crippen molar-refractivity contribution in [1.29, 1.82) is 0 Å². The van der Waals surface area contributed by atoms with Crippen LogP contribution < -0.4 is 4.31 Å². The maximum atomic E-state index is 13.4. The molecule has 0 radical (unpaired) electrons. The van der Waals surface area contributed by atoms with Crippen LogP contribution in [0.3, 0.4) is 0 Å². The summed E-state index contributed by atoms with van der Waals surface area (Å²) in [7, 11) is -2.39. The molecule has 3 aromatic carbocycles. The summed E-state index contributed by atoms with van der Waals surface area (Å²) in [5, 5.41) is 18.7. The van der Waals surface area contributed by atoms with Crippen LogP contribution in [0.4, 0.5) is 11.4 Å². The number of fused-ring (bicyclic) bond motifs is 1. The van der Waals surface area contributed by atoms with Gasteiger partial charge in [0.1, 0.15) is 6.54 Å². The van der Waals surface area contributed by atoms with Crippen molar-refractivity contribution < 1.29 is 18.3 Å². The van der Waals surface area contributed by atoms with Crippen LogP contribution >= 0.6 is 15.9 Å². The van der Waals surface area contributed by atoms with Gasteiger partial charge in [-0.2, -0.15) is 0 Å². The number of carbonyl (C=O) groups excluding carboxylic acids is 1. The number of halogens is 1. The number of azo groups is 1. The molecule has 0 fully saturated rings. The molecule has 0 spiro atoms. The lowest BCUT2D eigenvalue weighted by Crippen LogP contribution is -2.35. The van der Waals surface area contributed by atoms with Crippen molar-refractivity contribution in [2.24, 2.45) is 17.3 Å². The molecule has 1 aromatic heterocycles. The molecule has 10 heteroatoms. The van der Waals surface area contributed by atoms with Crippen molar-refractivity contribution in [3.63, 3.8) is 0 Å². The molecule has 1 heterocycles. The average molecular weight is 541 g/mol. The summed E-state index contributed by atoms with van der Waals surface area (Å²) in [6.45, 7) is 1.29. The summed E-state index contributed by atoms with van der Waals surface area (Å²) >= 11 is 3.33. The van der Waals surface area contributed by atoms with Crippen LogP contribution in [0, 0.1) is 6.92 Å². The van der Waals surface area contributed by atoms with Gasteiger partial charge in [-0.3, -0.25) is 9.10 Å². The zero-order valence-corrected chi connectivity index (χ0v) is 20.8. The van der Waals surface area contributed by atoms with Gasteiger partial charge in [0.15, 0.2) is 5.69 Å². The third-order valence-electron chi connectivity index (χ3n) is 5.31. The first-order valence-electron chi connectivity index (χ1n) is 10.2. The van der Waals surface area contributed by atoms with Crippen LogP contribution in [-0.2, 0) is 21.9 Å². The molecule has 0 saturated carbocycles. The standard InChI is InChI=1S/C24H21BrN4O4S/c1-16-7-13-19(14-8-16)34(32,33)29(18-11-9-17(25)10-12-18)15-22(30)26-27-23-20-5-3-4-6-21(20)28(2)24(23)31/h3-14,31H,15H2,1-2H3. The molecular weight excluding hydrogens is 520 g/mol. The Hall–Kier alpha value is -3.50. The van der Waals surface area contributed by atoms with E-state index in [0.29, 0.717) is 11.1 Å². The van der Waals surface area contributed by atoms with E-state index in [9.17, 15) is 18.3 Å². The zero-order chi connectivity index (χ0) is 24.5. The third-order valence-corrected chi connectivity index (χ3v) is 7.63. The minimum absolute atomic E-state index is 0.0532. The Morgan fingerprint density at radius 1 is 1.03 bits per heavy atom. The number of hydrogen-bond donors (Lipinski definition) is 1. The predicted octanol–water partition coefficient (Wildman–Crippen LogP) is 5.46. The normalized spacial score (nSPS) is 11.9. The highest BCUT2D eigenvalue weighted by atomic mass is 79.9. The van der Waals surface area contributed by atoms with E-state index in [-0.39, 0.29) is 16.5 Å². The Morgan fingerprint density at radius 3 is 2.35 bits per heavy atom. The van der Waals surface area contributed by atoms with Crippen molar-refractivity contribution in [3.8, 4) is 5.88 Å². The second kappa shape index (κ2) is 9.40. The first-order valence-corrected chi connectivity index (χ1v) is 12.5. The molecule has 4 aromatic rings. The maximum absolute atomic E-state index is 13.4.